The fourth-order valence-electron chi connectivity index (χ4n) is 2.76. The molecule has 0 radical (unpaired) electrons. The van der Waals surface area contributed by atoms with Crippen molar-refractivity contribution < 1.29 is 9.53 Å². The molecule has 0 aliphatic rings. The van der Waals surface area contributed by atoms with Crippen LogP contribution in [0.25, 0.3) is 0 Å². The van der Waals surface area contributed by atoms with E-state index in [2.05, 4.69) is 35.9 Å². The third-order valence-electron chi connectivity index (χ3n) is 4.23. The topological polar surface area (TPSA) is 62.4 Å². The lowest BCUT2D eigenvalue weighted by Crippen LogP contribution is -2.47. The minimum absolute atomic E-state index is 0. The molecule has 2 aromatic carbocycles. The Hall–Kier alpha value is -2.05. The first-order chi connectivity index (χ1) is 12.6. The zero-order valence-electron chi connectivity index (χ0n) is 16.2. The minimum Gasteiger partial charge on any atom is -0.497 e. The van der Waals surface area contributed by atoms with Gasteiger partial charge in [-0.25, -0.2) is 4.79 Å². The van der Waals surface area contributed by atoms with Crippen LogP contribution in [0.1, 0.15) is 44.7 Å². The van der Waals surface area contributed by atoms with Crippen molar-refractivity contribution in [3.8, 4) is 5.75 Å². The maximum atomic E-state index is 12.3. The van der Waals surface area contributed by atoms with Crippen molar-refractivity contribution in [2.45, 2.75) is 45.3 Å². The Morgan fingerprint density at radius 2 is 1.85 bits per heavy atom. The molecule has 0 aliphatic carbocycles. The Morgan fingerprint density at radius 1 is 1.11 bits per heavy atom. The van der Waals surface area contributed by atoms with Gasteiger partial charge in [-0.2, -0.15) is 0 Å². The van der Waals surface area contributed by atoms with Crippen molar-refractivity contribution in [3.05, 3.63) is 60.2 Å². The molecule has 2 atom stereocenters. The molecule has 2 aromatic rings. The largest absolute Gasteiger partial charge is 0.497 e. The Bertz CT molecular complexity index is 682. The number of ether oxygens (including phenoxy) is 1. The molecular formula is C21H30BrN3O2. The maximum absolute atomic E-state index is 12.3. The summed E-state index contributed by atoms with van der Waals surface area (Å²) < 4.78 is 5.30. The van der Waals surface area contributed by atoms with Crippen molar-refractivity contribution in [2.24, 2.45) is 0 Å². The number of methoxy groups -OCH3 is 1. The van der Waals surface area contributed by atoms with Gasteiger partial charge in [-0.15, -0.1) is 17.0 Å². The molecule has 0 saturated carbocycles. The summed E-state index contributed by atoms with van der Waals surface area (Å²) >= 11 is 0. The molecule has 2 unspecified atom stereocenters. The molecule has 6 heteroatoms. The van der Waals surface area contributed by atoms with Crippen LogP contribution in [0.2, 0.25) is 0 Å². The van der Waals surface area contributed by atoms with Gasteiger partial charge in [-0.05, 0) is 43.2 Å². The molecule has 5 nitrogen and oxygen atoms in total. The molecule has 0 aliphatic heterocycles. The van der Waals surface area contributed by atoms with E-state index >= 15 is 0 Å². The number of hydrogen-bond donors (Lipinski definition) is 3. The van der Waals surface area contributed by atoms with Crippen LogP contribution < -0.4 is 20.7 Å². The number of urea groups is 1. The van der Waals surface area contributed by atoms with Gasteiger partial charge in [0.25, 0.3) is 0 Å². The van der Waals surface area contributed by atoms with Crippen molar-refractivity contribution in [3.63, 3.8) is 0 Å². The fourth-order valence-corrected chi connectivity index (χ4v) is 2.76. The molecule has 0 bridgehead atoms. The summed E-state index contributed by atoms with van der Waals surface area (Å²) in [7, 11) is 1.66. The Balaban J connectivity index is 0.00000364. The van der Waals surface area contributed by atoms with E-state index in [1.165, 1.54) is 0 Å². The van der Waals surface area contributed by atoms with Crippen molar-refractivity contribution in [2.75, 3.05) is 12.4 Å². The van der Waals surface area contributed by atoms with Gasteiger partial charge in [0, 0.05) is 11.7 Å². The normalized spacial score (nSPS) is 12.4. The fraction of sp³-hybridized carbons (Fsp3) is 0.381. The number of unbranched alkanes of at least 4 members (excludes halogenated alkanes) is 1. The number of halogens is 1. The van der Waals surface area contributed by atoms with Crippen LogP contribution in [0.3, 0.4) is 0 Å². The van der Waals surface area contributed by atoms with Crippen LogP contribution in [0.4, 0.5) is 10.5 Å². The molecule has 0 spiro atoms. The minimum atomic E-state index is -0.206. The molecule has 148 valence electrons. The second kappa shape index (κ2) is 12.4. The van der Waals surface area contributed by atoms with Gasteiger partial charge in [0.1, 0.15) is 5.75 Å². The predicted molar refractivity (Wildman–Crippen MR) is 117 cm³/mol. The molecular weight excluding hydrogens is 406 g/mol. The molecule has 0 saturated heterocycles. The number of carbonyl (C=O) groups is 1. The van der Waals surface area contributed by atoms with Crippen molar-refractivity contribution >= 4 is 28.7 Å². The van der Waals surface area contributed by atoms with E-state index in [-0.39, 0.29) is 35.2 Å². The predicted octanol–water partition coefficient (Wildman–Crippen LogP) is 5.26. The standard InChI is InChI=1S/C21H29N3O2.BrH/c1-4-5-14-20(24-21(25)23-18-11-7-6-8-12-18)22-16(2)17-10-9-13-19(15-17)26-3;/h6-13,15-16,20,22H,4-5,14H2,1-3H3,(H2,23,24,25);1H. The summed E-state index contributed by atoms with van der Waals surface area (Å²) in [5, 5.41) is 9.42. The lowest BCUT2D eigenvalue weighted by atomic mass is 10.1. The zero-order valence-corrected chi connectivity index (χ0v) is 17.9. The van der Waals surface area contributed by atoms with Gasteiger partial charge in [0.05, 0.1) is 13.3 Å². The van der Waals surface area contributed by atoms with Crippen LogP contribution in [0, 0.1) is 0 Å². The number of rotatable bonds is 9. The maximum Gasteiger partial charge on any atom is 0.320 e. The lowest BCUT2D eigenvalue weighted by molar-refractivity contribution is 0.242. The van der Waals surface area contributed by atoms with Gasteiger partial charge in [-0.1, -0.05) is 50.1 Å². The Kier molecular flexibility index (Phi) is 10.5. The van der Waals surface area contributed by atoms with E-state index in [9.17, 15) is 4.79 Å². The van der Waals surface area contributed by atoms with Gasteiger partial charge in [0.15, 0.2) is 0 Å². The summed E-state index contributed by atoms with van der Waals surface area (Å²) in [6, 6.07) is 17.3. The highest BCUT2D eigenvalue weighted by Crippen LogP contribution is 2.19. The molecule has 2 amide bonds. The van der Waals surface area contributed by atoms with E-state index < -0.39 is 0 Å². The smallest absolute Gasteiger partial charge is 0.320 e. The van der Waals surface area contributed by atoms with E-state index in [1.54, 1.807) is 7.11 Å². The number of anilines is 1. The number of nitrogens with one attached hydrogen (secondary N) is 3. The monoisotopic (exact) mass is 435 g/mol. The average molecular weight is 436 g/mol. The zero-order chi connectivity index (χ0) is 18.8. The van der Waals surface area contributed by atoms with E-state index in [4.69, 9.17) is 4.74 Å². The van der Waals surface area contributed by atoms with Crippen molar-refractivity contribution in [1.29, 1.82) is 0 Å². The van der Waals surface area contributed by atoms with Crippen LogP contribution in [0.5, 0.6) is 5.75 Å². The molecule has 0 heterocycles. The quantitative estimate of drug-likeness (QED) is 0.470. The number of para-hydroxylation sites is 1. The van der Waals surface area contributed by atoms with E-state index in [0.717, 1.165) is 36.3 Å². The number of carbonyl (C=O) groups excluding carboxylic acids is 1. The third kappa shape index (κ3) is 8.01. The summed E-state index contributed by atoms with van der Waals surface area (Å²) in [6.45, 7) is 4.23. The molecule has 0 aromatic heterocycles. The van der Waals surface area contributed by atoms with Crippen LogP contribution in [-0.4, -0.2) is 19.3 Å². The SMILES string of the molecule is Br.CCCCC(NC(=O)Nc1ccccc1)NC(C)c1cccc(OC)c1. The van der Waals surface area contributed by atoms with E-state index in [0.29, 0.717) is 0 Å². The molecule has 3 N–H and O–H groups in total. The van der Waals surface area contributed by atoms with Crippen molar-refractivity contribution in [1.82, 2.24) is 10.6 Å². The first kappa shape index (κ1) is 23.0. The van der Waals surface area contributed by atoms with Gasteiger partial charge < -0.3 is 15.4 Å². The molecule has 27 heavy (non-hydrogen) atoms. The Morgan fingerprint density at radius 3 is 2.52 bits per heavy atom. The molecule has 2 rings (SSSR count). The van der Waals surface area contributed by atoms with Crippen LogP contribution in [0.15, 0.2) is 54.6 Å². The highest BCUT2D eigenvalue weighted by atomic mass is 79.9. The van der Waals surface area contributed by atoms with Gasteiger partial charge in [-0.3, -0.25) is 5.32 Å². The summed E-state index contributed by atoms with van der Waals surface area (Å²) in [5.74, 6) is 0.830. The van der Waals surface area contributed by atoms with Gasteiger partial charge >= 0.3 is 6.03 Å². The van der Waals surface area contributed by atoms with Crippen LogP contribution >= 0.6 is 17.0 Å². The Labute approximate surface area is 172 Å². The third-order valence-corrected chi connectivity index (χ3v) is 4.23. The van der Waals surface area contributed by atoms with Crippen LogP contribution in [-0.2, 0) is 0 Å². The summed E-state index contributed by atoms with van der Waals surface area (Å²) in [4.78, 5) is 12.3. The lowest BCUT2D eigenvalue weighted by Gasteiger charge is -2.25. The van der Waals surface area contributed by atoms with Gasteiger partial charge in [0.2, 0.25) is 0 Å². The molecule has 0 fully saturated rings. The second-order valence-corrected chi connectivity index (χ2v) is 6.32. The number of hydrogen-bond acceptors (Lipinski definition) is 3. The second-order valence-electron chi connectivity index (χ2n) is 6.32. The average Bonchev–Trinajstić information content (AvgIpc) is 2.66. The first-order valence-electron chi connectivity index (χ1n) is 9.15. The number of benzene rings is 2. The summed E-state index contributed by atoms with van der Waals surface area (Å²) in [5.41, 5.74) is 1.90. The number of amides is 2. The summed E-state index contributed by atoms with van der Waals surface area (Å²) in [6.07, 6.45) is 2.87. The van der Waals surface area contributed by atoms with E-state index in [1.807, 2.05) is 48.5 Å². The highest BCUT2D eigenvalue weighted by molar-refractivity contribution is 8.93. The highest BCUT2D eigenvalue weighted by Gasteiger charge is 2.16. The first-order valence-corrected chi connectivity index (χ1v) is 9.15.